The monoisotopic (exact) mass is 1780 g/mol. The van der Waals surface area contributed by atoms with E-state index in [1.165, 1.54) is 18.3 Å². The van der Waals surface area contributed by atoms with Crippen molar-refractivity contribution in [2.45, 2.75) is 238 Å². The Morgan fingerprint density at radius 1 is 0.717 bits per heavy atom. The number of unbranched alkanes of at least 4 members (excludes halogenated alkanes) is 3. The third kappa shape index (κ3) is 32.4. The van der Waals surface area contributed by atoms with Gasteiger partial charge in [-0.1, -0.05) is 76.3 Å². The summed E-state index contributed by atoms with van der Waals surface area (Å²) < 4.78 is 91.2. The van der Waals surface area contributed by atoms with E-state index in [0.717, 1.165) is 49.7 Å². The van der Waals surface area contributed by atoms with E-state index in [-0.39, 0.29) is 85.9 Å². The van der Waals surface area contributed by atoms with Crippen LogP contribution in [0.3, 0.4) is 0 Å². The fourth-order valence-corrected chi connectivity index (χ4v) is 16.6. The number of amides is 2. The number of carbonyl (C=O) groups excluding carboxylic acids is 6. The van der Waals surface area contributed by atoms with Crippen LogP contribution in [0.2, 0.25) is 0 Å². The number of ketones is 3. The summed E-state index contributed by atoms with van der Waals surface area (Å²) in [5.41, 5.74) is 17.2. The highest BCUT2D eigenvalue weighted by Gasteiger charge is 2.53. The molecule has 7 heterocycles. The molecule has 2 amide bonds. The van der Waals surface area contributed by atoms with Crippen molar-refractivity contribution < 1.29 is 110 Å². The van der Waals surface area contributed by atoms with E-state index in [1.54, 1.807) is 51.8 Å². The molecule has 0 spiro atoms. The number of allylic oxidation sites excluding steroid dienone is 6. The summed E-state index contributed by atoms with van der Waals surface area (Å²) in [4.78, 5) is 98.8. The Labute approximate surface area is 746 Å². The molecule has 5 aromatic rings. The zero-order valence-electron chi connectivity index (χ0n) is 76.2. The van der Waals surface area contributed by atoms with Crippen molar-refractivity contribution in [3.8, 4) is 11.3 Å². The highest BCUT2D eigenvalue weighted by atomic mass is 16.6. The summed E-state index contributed by atoms with van der Waals surface area (Å²) in [6.45, 7) is 21.7. The van der Waals surface area contributed by atoms with E-state index >= 15 is 0 Å². The molecule has 127 heavy (non-hydrogen) atoms. The molecule has 35 nitrogen and oxygen atoms in total. The maximum absolute atomic E-state index is 14.8. The van der Waals surface area contributed by atoms with Crippen molar-refractivity contribution in [1.82, 2.24) is 49.9 Å². The van der Waals surface area contributed by atoms with Gasteiger partial charge in [-0.25, -0.2) is 24.1 Å². The molecule has 706 valence electrons. The number of rotatable bonds is 45. The molecule has 15 atom stereocenters. The van der Waals surface area contributed by atoms with E-state index < -0.39 is 77.8 Å². The number of fused-ring (bicyclic) bond motifs is 5. The van der Waals surface area contributed by atoms with Gasteiger partial charge in [0.2, 0.25) is 11.7 Å². The molecule has 3 aliphatic heterocycles. The number of nitrogen functional groups attached to an aromatic ring is 2. The van der Waals surface area contributed by atoms with Crippen molar-refractivity contribution in [2.75, 3.05) is 152 Å². The highest BCUT2D eigenvalue weighted by molar-refractivity contribution is 6.39. The van der Waals surface area contributed by atoms with E-state index in [4.69, 9.17) is 87.3 Å². The van der Waals surface area contributed by atoms with Crippen molar-refractivity contribution in [3.63, 3.8) is 0 Å². The highest BCUT2D eigenvalue weighted by Crippen LogP contribution is 2.40. The molecule has 0 unspecified atom stereocenters. The van der Waals surface area contributed by atoms with Crippen LogP contribution in [0.1, 0.15) is 170 Å². The average Bonchev–Trinajstić information content (AvgIpc) is 1.54. The van der Waals surface area contributed by atoms with Gasteiger partial charge in [-0.2, -0.15) is 10.1 Å². The van der Waals surface area contributed by atoms with Crippen LogP contribution < -0.4 is 16.8 Å². The van der Waals surface area contributed by atoms with E-state index in [1.807, 2.05) is 81.1 Å². The lowest BCUT2D eigenvalue weighted by Gasteiger charge is -2.42. The number of benzene rings is 1. The lowest BCUT2D eigenvalue weighted by atomic mass is 9.78. The van der Waals surface area contributed by atoms with Gasteiger partial charge in [0, 0.05) is 96.8 Å². The first-order valence-electron chi connectivity index (χ1n) is 45.4. The fraction of sp³-hybridized carbons (Fsp3) is 0.696. The standard InChI is InChI=1S/C92H140N12O23/c1-61-21-13-11-14-22-62(2)77(113-8)56-71-27-24-67(7)92(112,127-71)86(109)89(110)103-32-17-15-23-73(103)90(111)125-78(57-74(105)63(3)52-66(6)84(108)85(115-10)83(107)65(5)51-61)64(4)53-68-25-28-76(79(54-68)114-9)124-50-49-123-59-70-58-102(101-99-70)34-38-119-42-44-121-46-48-122-47-45-120-43-40-117-36-20-12-19-35-116-39-41-118-37-30-80(106)95-31-16-18-33-104-88-81(87(93)96-60-97-88)82(100-104)69-26-29-75-72(55-69)98-91(94)126-75/h11,13-14,21-22,26,29,52,55,58,60-61,63-65,67-68,71,73,76-79,84-85,108,112H,12,15-20,23-25,27-28,30-51,53-54,56-57,59H2,1-10H3,(H2,94,98)(H,95,106)(H2,93,96,97)/b14-11+,21-13+,62-22+,66-52+/t61-,63-,64-,65-,67-,68+,71+,73+,76-,77+,78+,79-,84-,85+,92-/m1/s1. The summed E-state index contributed by atoms with van der Waals surface area (Å²) in [5, 5.41) is 40.7. The Kier molecular flexibility index (Phi) is 43.9. The molecular weight excluding hydrogens is 1640 g/mol. The van der Waals surface area contributed by atoms with E-state index in [9.17, 15) is 39.0 Å². The van der Waals surface area contributed by atoms with Crippen molar-refractivity contribution in [3.05, 3.63) is 84.0 Å². The Morgan fingerprint density at radius 3 is 2.13 bits per heavy atom. The third-order valence-electron chi connectivity index (χ3n) is 24.1. The van der Waals surface area contributed by atoms with Crippen LogP contribution >= 0.6 is 0 Å². The van der Waals surface area contributed by atoms with Gasteiger partial charge >= 0.3 is 5.97 Å². The molecule has 2 saturated heterocycles. The summed E-state index contributed by atoms with van der Waals surface area (Å²) in [7, 11) is 4.61. The Bertz CT molecular complexity index is 4320. The number of aromatic nitrogens is 8. The van der Waals surface area contributed by atoms with Gasteiger partial charge < -0.3 is 103 Å². The molecule has 2 bridgehead atoms. The number of piperidine rings is 1. The number of carbonyl (C=O) groups is 6. The molecule has 1 saturated carbocycles. The van der Waals surface area contributed by atoms with Crippen molar-refractivity contribution >= 4 is 69.1 Å². The number of aliphatic hydroxyl groups excluding tert-OH is 1. The zero-order chi connectivity index (χ0) is 91.0. The number of Topliss-reactive ketones (excluding diaryl/α,β-unsaturated/α-hetero) is 3. The van der Waals surface area contributed by atoms with Gasteiger partial charge in [0.05, 0.1) is 142 Å². The molecule has 4 aliphatic rings. The molecule has 3 fully saturated rings. The molecule has 1 aromatic carbocycles. The smallest absolute Gasteiger partial charge is 0.329 e. The van der Waals surface area contributed by atoms with E-state index in [2.05, 4.69) is 30.6 Å². The van der Waals surface area contributed by atoms with Gasteiger partial charge in [0.15, 0.2) is 17.0 Å². The number of esters is 1. The second-order valence-electron chi connectivity index (χ2n) is 33.9. The quantitative estimate of drug-likeness (QED) is 0.0105. The minimum absolute atomic E-state index is 0.00818. The number of aryl methyl sites for hydroxylation is 1. The third-order valence-corrected chi connectivity index (χ3v) is 24.1. The Balaban J connectivity index is 0.586. The number of methoxy groups -OCH3 is 3. The van der Waals surface area contributed by atoms with Crippen LogP contribution in [-0.2, 0) is 115 Å². The topological polar surface area (TPSA) is 440 Å². The second-order valence-corrected chi connectivity index (χ2v) is 33.9. The minimum atomic E-state index is -2.47. The van der Waals surface area contributed by atoms with Crippen molar-refractivity contribution in [1.29, 1.82) is 0 Å². The Hall–Kier alpha value is -8.24. The number of cyclic esters (lactones) is 1. The minimum Gasteiger partial charge on any atom is -0.460 e. The van der Waals surface area contributed by atoms with Crippen LogP contribution in [0.5, 0.6) is 0 Å². The number of anilines is 2. The van der Waals surface area contributed by atoms with Gasteiger partial charge in [0.1, 0.15) is 59.2 Å². The molecule has 35 heteroatoms. The maximum atomic E-state index is 14.8. The predicted molar refractivity (Wildman–Crippen MR) is 472 cm³/mol. The number of aliphatic hydroxyl groups is 2. The van der Waals surface area contributed by atoms with Crippen LogP contribution in [0.4, 0.5) is 11.8 Å². The number of oxazole rings is 1. The first-order valence-corrected chi connectivity index (χ1v) is 45.4. The van der Waals surface area contributed by atoms with Gasteiger partial charge in [-0.15, -0.1) is 5.10 Å². The molecule has 1 aliphatic carbocycles. The second kappa shape index (κ2) is 54.4. The van der Waals surface area contributed by atoms with Gasteiger partial charge in [0.25, 0.3) is 17.7 Å². The van der Waals surface area contributed by atoms with Gasteiger partial charge in [-0.05, 0) is 157 Å². The summed E-state index contributed by atoms with van der Waals surface area (Å²) >= 11 is 0. The number of hydrogen-bond acceptors (Lipinski definition) is 31. The summed E-state index contributed by atoms with van der Waals surface area (Å²) in [5.74, 6) is -8.03. The average molecular weight is 1780 g/mol. The van der Waals surface area contributed by atoms with Crippen LogP contribution in [0.15, 0.2) is 82.7 Å². The fourth-order valence-electron chi connectivity index (χ4n) is 16.6. The molecule has 4 aromatic heterocycles. The lowest BCUT2D eigenvalue weighted by Crippen LogP contribution is -2.61. The largest absolute Gasteiger partial charge is 0.460 e. The van der Waals surface area contributed by atoms with Gasteiger partial charge in [-0.3, -0.25) is 24.0 Å². The van der Waals surface area contributed by atoms with Crippen molar-refractivity contribution in [2.24, 2.45) is 35.5 Å². The maximum Gasteiger partial charge on any atom is 0.329 e. The molecule has 9 rings (SSSR count). The number of nitrogens with zero attached hydrogens (tertiary/aromatic N) is 9. The van der Waals surface area contributed by atoms with Crippen LogP contribution in [0, 0.1) is 35.5 Å². The summed E-state index contributed by atoms with van der Waals surface area (Å²) in [6.07, 6.45) is 19.2. The molecular formula is C92H140N12O23. The first-order chi connectivity index (χ1) is 61.4. The molecule has 7 N–H and O–H groups in total. The van der Waals surface area contributed by atoms with E-state index in [0.29, 0.717) is 228 Å². The van der Waals surface area contributed by atoms with Crippen LogP contribution in [-0.4, -0.2) is 285 Å². The molecule has 0 radical (unpaired) electrons. The first kappa shape index (κ1) is 102. The number of hydrogen-bond donors (Lipinski definition) is 5. The SMILES string of the molecule is CO[C@H]1C[C@@H]2CC[C@@H](C)[C@@](O)(O2)C(=O)C(=O)N2CCCC[C@H]2C(=O)O[C@H]([C@H](C)C[C@@H]2CC[C@@H](OCCOCc3cn(CCOCCOCCOCCOCCOCCCCCOCCOCCC(=O)NCCCCn4nc(-c5ccc6oc(N)nc6c5)c5c(N)ncnc54)nn3)[C@H](OC)C2)CC(=O)[C@H](C)/C=C(\C)[C@@H](O)[C@@H](OC)C(=O)[C@H](C)C[C@H](C)/C=C/C=C/C=C/1C. The van der Waals surface area contributed by atoms with Crippen LogP contribution in [0.25, 0.3) is 33.4 Å². The Morgan fingerprint density at radius 2 is 1.42 bits per heavy atom. The summed E-state index contributed by atoms with van der Waals surface area (Å²) in [6, 6.07) is 4.41. The lowest BCUT2D eigenvalue weighted by molar-refractivity contribution is -0.265. The zero-order valence-corrected chi connectivity index (χ0v) is 76.2. The number of nitrogens with two attached hydrogens (primary N) is 2. The normalized spacial score (nSPS) is 26.5. The predicted octanol–water partition coefficient (Wildman–Crippen LogP) is 9.40. The number of nitrogens with one attached hydrogen (secondary N) is 1. The number of ether oxygens (including phenoxy) is 14.